The highest BCUT2D eigenvalue weighted by Crippen LogP contribution is 2.35. The number of hydrogen-bond acceptors (Lipinski definition) is 3. The van der Waals surface area contributed by atoms with Crippen molar-refractivity contribution in [1.29, 1.82) is 0 Å². The monoisotopic (exact) mass is 662 g/mol. The molecule has 180 valence electrons. The Morgan fingerprint density at radius 2 is 1.57 bits per heavy atom. The van der Waals surface area contributed by atoms with Crippen molar-refractivity contribution in [3.8, 4) is 5.75 Å². The Labute approximate surface area is 218 Å². The van der Waals surface area contributed by atoms with Crippen LogP contribution in [0.5, 0.6) is 5.75 Å². The van der Waals surface area contributed by atoms with Crippen molar-refractivity contribution >= 4 is 61.9 Å². The standard InChI is InChI=1S/C24H13BrF5IN2O2/c1-11-16(24(34)33(32-11)23-21(29)19(27)18(26)20(28)22(23)30)9-13-8-14(25)4-7-17(13)35-10-12-2-5-15(31)6-3-12/h2-9H,10H2,1H3/b16-9+. The molecule has 1 heterocycles. The van der Waals surface area contributed by atoms with Crippen LogP contribution in [0.1, 0.15) is 18.1 Å². The van der Waals surface area contributed by atoms with Crippen molar-refractivity contribution < 1.29 is 31.5 Å². The molecule has 4 rings (SSSR count). The molecule has 11 heteroatoms. The van der Waals surface area contributed by atoms with E-state index in [1.54, 1.807) is 18.2 Å². The van der Waals surface area contributed by atoms with Gasteiger partial charge in [0.1, 0.15) is 18.0 Å². The molecule has 0 saturated heterocycles. The van der Waals surface area contributed by atoms with Crippen molar-refractivity contribution in [1.82, 2.24) is 0 Å². The minimum Gasteiger partial charge on any atom is -0.488 e. The molecule has 1 aliphatic heterocycles. The molecular formula is C24H13BrF5IN2O2. The fourth-order valence-electron chi connectivity index (χ4n) is 3.28. The van der Waals surface area contributed by atoms with Crippen molar-refractivity contribution in [2.24, 2.45) is 5.10 Å². The van der Waals surface area contributed by atoms with Crippen LogP contribution in [0.25, 0.3) is 6.08 Å². The molecule has 35 heavy (non-hydrogen) atoms. The Bertz CT molecular complexity index is 1380. The first kappa shape index (κ1) is 25.3. The first-order valence-electron chi connectivity index (χ1n) is 9.88. The number of rotatable bonds is 5. The molecule has 0 atom stereocenters. The molecule has 0 radical (unpaired) electrons. The van der Waals surface area contributed by atoms with Crippen LogP contribution in [-0.4, -0.2) is 11.6 Å². The molecular weight excluding hydrogens is 650 g/mol. The first-order chi connectivity index (χ1) is 16.6. The van der Waals surface area contributed by atoms with E-state index in [-0.39, 0.29) is 22.9 Å². The van der Waals surface area contributed by atoms with Crippen molar-refractivity contribution in [3.05, 3.63) is 96.3 Å². The zero-order valence-corrected chi connectivity index (χ0v) is 21.4. The van der Waals surface area contributed by atoms with Gasteiger partial charge in [0.15, 0.2) is 23.3 Å². The molecule has 0 saturated carbocycles. The topological polar surface area (TPSA) is 41.9 Å². The molecule has 0 bridgehead atoms. The van der Waals surface area contributed by atoms with Gasteiger partial charge in [0, 0.05) is 13.6 Å². The van der Waals surface area contributed by atoms with Crippen LogP contribution < -0.4 is 9.75 Å². The number of anilines is 1. The van der Waals surface area contributed by atoms with Gasteiger partial charge in [-0.1, -0.05) is 28.1 Å². The summed E-state index contributed by atoms with van der Waals surface area (Å²) in [6, 6.07) is 12.7. The fourth-order valence-corrected chi connectivity index (χ4v) is 4.01. The lowest BCUT2D eigenvalue weighted by atomic mass is 10.1. The maximum Gasteiger partial charge on any atom is 0.280 e. The molecule has 0 aliphatic carbocycles. The molecule has 0 aromatic heterocycles. The third-order valence-electron chi connectivity index (χ3n) is 5.04. The fraction of sp³-hybridized carbons (Fsp3) is 0.0833. The summed E-state index contributed by atoms with van der Waals surface area (Å²) in [5.74, 6) is -11.6. The summed E-state index contributed by atoms with van der Waals surface area (Å²) in [4.78, 5) is 13.0. The van der Waals surface area contributed by atoms with E-state index < -0.39 is 40.7 Å². The lowest BCUT2D eigenvalue weighted by Crippen LogP contribution is -2.25. The number of benzene rings is 3. The minimum atomic E-state index is -2.32. The van der Waals surface area contributed by atoms with Crippen molar-refractivity contribution in [2.45, 2.75) is 13.5 Å². The van der Waals surface area contributed by atoms with E-state index in [1.807, 2.05) is 24.3 Å². The predicted octanol–water partition coefficient (Wildman–Crippen LogP) is 7.13. The number of hydrogen-bond donors (Lipinski definition) is 0. The molecule has 0 fully saturated rings. The lowest BCUT2D eigenvalue weighted by Gasteiger charge is -2.15. The summed E-state index contributed by atoms with van der Waals surface area (Å²) in [7, 11) is 0. The van der Waals surface area contributed by atoms with Crippen LogP contribution >= 0.6 is 38.5 Å². The Morgan fingerprint density at radius 3 is 2.20 bits per heavy atom. The smallest absolute Gasteiger partial charge is 0.280 e. The van der Waals surface area contributed by atoms with Gasteiger partial charge in [-0.15, -0.1) is 0 Å². The highest BCUT2D eigenvalue weighted by molar-refractivity contribution is 14.1. The van der Waals surface area contributed by atoms with Crippen LogP contribution in [0, 0.1) is 32.7 Å². The van der Waals surface area contributed by atoms with Gasteiger partial charge in [0.05, 0.1) is 11.3 Å². The largest absolute Gasteiger partial charge is 0.488 e. The zero-order valence-electron chi connectivity index (χ0n) is 17.7. The highest BCUT2D eigenvalue weighted by atomic mass is 127. The number of carbonyl (C=O) groups excluding carboxylic acids is 1. The maximum absolute atomic E-state index is 14.3. The summed E-state index contributed by atoms with van der Waals surface area (Å²) in [6.45, 7) is 1.60. The Hall–Kier alpha value is -2.80. The highest BCUT2D eigenvalue weighted by Gasteiger charge is 2.37. The minimum absolute atomic E-state index is 0.0162. The molecule has 0 N–H and O–H groups in total. The quantitative estimate of drug-likeness (QED) is 0.0959. The van der Waals surface area contributed by atoms with E-state index in [0.717, 1.165) is 9.13 Å². The molecule has 0 spiro atoms. The summed E-state index contributed by atoms with van der Waals surface area (Å²) >= 11 is 5.52. The third kappa shape index (κ3) is 4.96. The van der Waals surface area contributed by atoms with E-state index >= 15 is 0 Å². The van der Waals surface area contributed by atoms with Gasteiger partial charge in [-0.3, -0.25) is 4.79 Å². The second-order valence-electron chi connectivity index (χ2n) is 7.38. The average Bonchev–Trinajstić information content (AvgIpc) is 3.10. The Kier molecular flexibility index (Phi) is 7.27. The van der Waals surface area contributed by atoms with Gasteiger partial charge >= 0.3 is 0 Å². The summed E-state index contributed by atoms with van der Waals surface area (Å²) < 4.78 is 77.0. The van der Waals surface area contributed by atoms with E-state index in [4.69, 9.17) is 4.74 Å². The van der Waals surface area contributed by atoms with E-state index in [1.165, 1.54) is 13.0 Å². The van der Waals surface area contributed by atoms with Crippen LogP contribution in [0.15, 0.2) is 57.6 Å². The molecule has 4 nitrogen and oxygen atoms in total. The van der Waals surface area contributed by atoms with Gasteiger partial charge < -0.3 is 4.74 Å². The van der Waals surface area contributed by atoms with Gasteiger partial charge in [-0.25, -0.2) is 22.0 Å². The Morgan fingerprint density at radius 1 is 0.971 bits per heavy atom. The predicted molar refractivity (Wildman–Crippen MR) is 132 cm³/mol. The summed E-state index contributed by atoms with van der Waals surface area (Å²) in [5, 5.41) is 3.92. The van der Waals surface area contributed by atoms with Crippen LogP contribution in [0.4, 0.5) is 27.6 Å². The van der Waals surface area contributed by atoms with Gasteiger partial charge in [0.2, 0.25) is 5.82 Å². The van der Waals surface area contributed by atoms with Gasteiger partial charge in [-0.2, -0.15) is 10.1 Å². The zero-order chi connectivity index (χ0) is 25.4. The summed E-state index contributed by atoms with van der Waals surface area (Å²) in [5.41, 5.74) is -0.201. The molecule has 1 aliphatic rings. The summed E-state index contributed by atoms with van der Waals surface area (Å²) in [6.07, 6.45) is 1.38. The van der Waals surface area contributed by atoms with Crippen LogP contribution in [0.2, 0.25) is 0 Å². The number of amides is 1. The lowest BCUT2D eigenvalue weighted by molar-refractivity contribution is -0.114. The number of hydrazone groups is 1. The molecule has 0 unspecified atom stereocenters. The Balaban J connectivity index is 1.69. The number of carbonyl (C=O) groups is 1. The molecule has 1 amide bonds. The third-order valence-corrected chi connectivity index (χ3v) is 6.25. The van der Waals surface area contributed by atoms with Crippen molar-refractivity contribution in [3.63, 3.8) is 0 Å². The van der Waals surface area contributed by atoms with Crippen molar-refractivity contribution in [2.75, 3.05) is 5.01 Å². The van der Waals surface area contributed by atoms with E-state index in [2.05, 4.69) is 43.6 Å². The second-order valence-corrected chi connectivity index (χ2v) is 9.54. The van der Waals surface area contributed by atoms with E-state index in [9.17, 15) is 26.7 Å². The van der Waals surface area contributed by atoms with E-state index in [0.29, 0.717) is 15.8 Å². The number of nitrogens with zero attached hydrogens (tertiary/aromatic N) is 2. The first-order valence-corrected chi connectivity index (χ1v) is 11.8. The van der Waals surface area contributed by atoms with Crippen LogP contribution in [-0.2, 0) is 11.4 Å². The van der Waals surface area contributed by atoms with Gasteiger partial charge in [0.25, 0.3) is 5.91 Å². The number of halogens is 7. The second kappa shape index (κ2) is 10.1. The SMILES string of the molecule is CC1=NN(c2c(F)c(F)c(F)c(F)c2F)C(=O)/C1=C/c1cc(Br)ccc1OCc1ccc(I)cc1. The average molecular weight is 663 g/mol. The normalized spacial score (nSPS) is 14.6. The number of ether oxygens (including phenoxy) is 1. The van der Waals surface area contributed by atoms with Crippen LogP contribution in [0.3, 0.4) is 0 Å². The maximum atomic E-state index is 14.3. The molecule has 3 aromatic rings. The van der Waals surface area contributed by atoms with Gasteiger partial charge in [-0.05, 0) is 71.5 Å². The molecule has 3 aromatic carbocycles.